The first kappa shape index (κ1) is 9.45. The maximum Gasteiger partial charge on any atom is 0.324 e. The molecule has 1 fully saturated rings. The fourth-order valence-corrected chi connectivity index (χ4v) is 1.44. The molecule has 1 N–H and O–H groups in total. The lowest BCUT2D eigenvalue weighted by Crippen LogP contribution is -2.67. The topological polar surface area (TPSA) is 40.5 Å². The van der Waals surface area contributed by atoms with E-state index in [0.29, 0.717) is 0 Å². The molecule has 0 aromatic heterocycles. The first-order valence-electron chi connectivity index (χ1n) is 3.97. The number of rotatable bonds is 1. The number of hydrogen-bond donors (Lipinski definition) is 1. The highest BCUT2D eigenvalue weighted by Gasteiger charge is 2.49. The van der Waals surface area contributed by atoms with E-state index in [1.807, 2.05) is 20.8 Å². The minimum Gasteiger partial charge on any atom is -0.480 e. The largest absolute Gasteiger partial charge is 0.480 e. The van der Waals surface area contributed by atoms with Crippen LogP contribution in [0, 0.1) is 0 Å². The van der Waals surface area contributed by atoms with Gasteiger partial charge in [0.25, 0.3) is 0 Å². The molecule has 3 nitrogen and oxygen atoms in total. The van der Waals surface area contributed by atoms with Crippen LogP contribution in [0.1, 0.15) is 20.8 Å². The Kier molecular flexibility index (Phi) is 2.12. The van der Waals surface area contributed by atoms with Crippen molar-refractivity contribution in [3.05, 3.63) is 0 Å². The van der Waals surface area contributed by atoms with Crippen LogP contribution in [0.4, 0.5) is 4.39 Å². The van der Waals surface area contributed by atoms with Crippen LogP contribution in [0.25, 0.3) is 0 Å². The minimum atomic E-state index is -1.21. The SMILES string of the molecule is CC(C)(C)N1CC(F)C1C(=O)O. The predicted octanol–water partition coefficient (Wildman–Crippen LogP) is 0.892. The van der Waals surface area contributed by atoms with E-state index in [4.69, 9.17) is 5.11 Å². The number of alkyl halides is 1. The highest BCUT2D eigenvalue weighted by atomic mass is 19.1. The lowest BCUT2D eigenvalue weighted by Gasteiger charge is -2.49. The number of likely N-dealkylation sites (tertiary alicyclic amines) is 1. The third-order valence-corrected chi connectivity index (χ3v) is 2.16. The summed E-state index contributed by atoms with van der Waals surface area (Å²) in [7, 11) is 0. The van der Waals surface area contributed by atoms with E-state index in [9.17, 15) is 9.18 Å². The second-order valence-corrected chi connectivity index (χ2v) is 4.12. The average molecular weight is 175 g/mol. The first-order valence-corrected chi connectivity index (χ1v) is 3.97. The molecule has 1 heterocycles. The van der Waals surface area contributed by atoms with Crippen LogP contribution in [-0.4, -0.2) is 40.3 Å². The Morgan fingerprint density at radius 1 is 1.58 bits per heavy atom. The number of carboxylic acids is 1. The molecular formula is C8H14FNO2. The first-order chi connectivity index (χ1) is 5.34. The van der Waals surface area contributed by atoms with Crippen molar-refractivity contribution in [1.29, 1.82) is 0 Å². The Labute approximate surface area is 71.2 Å². The van der Waals surface area contributed by atoms with Crippen LogP contribution in [0.2, 0.25) is 0 Å². The molecule has 0 radical (unpaired) electrons. The van der Waals surface area contributed by atoms with Gasteiger partial charge in [-0.15, -0.1) is 0 Å². The average Bonchev–Trinajstić information content (AvgIpc) is 1.78. The van der Waals surface area contributed by atoms with Gasteiger partial charge in [0.1, 0.15) is 12.2 Å². The summed E-state index contributed by atoms with van der Waals surface area (Å²) in [4.78, 5) is 12.2. The zero-order valence-electron chi connectivity index (χ0n) is 7.54. The summed E-state index contributed by atoms with van der Waals surface area (Å²) >= 11 is 0. The van der Waals surface area contributed by atoms with Crippen molar-refractivity contribution in [2.45, 2.75) is 38.5 Å². The van der Waals surface area contributed by atoms with E-state index in [-0.39, 0.29) is 12.1 Å². The molecule has 0 aromatic rings. The van der Waals surface area contributed by atoms with Crippen LogP contribution in [0.5, 0.6) is 0 Å². The second kappa shape index (κ2) is 2.69. The van der Waals surface area contributed by atoms with Crippen molar-refractivity contribution in [2.24, 2.45) is 0 Å². The van der Waals surface area contributed by atoms with E-state index in [1.54, 1.807) is 4.90 Å². The molecule has 1 rings (SSSR count). The molecule has 0 aromatic carbocycles. The number of halogens is 1. The number of aliphatic carboxylic acids is 1. The Hall–Kier alpha value is -0.640. The van der Waals surface area contributed by atoms with Crippen LogP contribution >= 0.6 is 0 Å². The van der Waals surface area contributed by atoms with Crippen LogP contribution < -0.4 is 0 Å². The summed E-state index contributed by atoms with van der Waals surface area (Å²) in [5.41, 5.74) is -0.258. The van der Waals surface area contributed by atoms with Crippen molar-refractivity contribution in [1.82, 2.24) is 4.90 Å². The highest BCUT2D eigenvalue weighted by molar-refractivity contribution is 5.75. The van der Waals surface area contributed by atoms with Gasteiger partial charge in [0.2, 0.25) is 0 Å². The number of nitrogens with zero attached hydrogens (tertiary/aromatic N) is 1. The van der Waals surface area contributed by atoms with Gasteiger partial charge in [0, 0.05) is 12.1 Å². The molecule has 12 heavy (non-hydrogen) atoms. The molecule has 0 saturated carbocycles. The number of hydrogen-bond acceptors (Lipinski definition) is 2. The van der Waals surface area contributed by atoms with E-state index in [2.05, 4.69) is 0 Å². The van der Waals surface area contributed by atoms with Gasteiger partial charge in [-0.3, -0.25) is 9.69 Å². The van der Waals surface area contributed by atoms with Gasteiger partial charge in [-0.05, 0) is 20.8 Å². The zero-order valence-corrected chi connectivity index (χ0v) is 7.54. The van der Waals surface area contributed by atoms with Gasteiger partial charge < -0.3 is 5.11 Å². The predicted molar refractivity (Wildman–Crippen MR) is 42.8 cm³/mol. The van der Waals surface area contributed by atoms with Crippen LogP contribution in [-0.2, 0) is 4.79 Å². The quantitative estimate of drug-likeness (QED) is 0.643. The van der Waals surface area contributed by atoms with Crippen molar-refractivity contribution < 1.29 is 14.3 Å². The summed E-state index contributed by atoms with van der Waals surface area (Å²) in [6.45, 7) is 5.89. The van der Waals surface area contributed by atoms with E-state index in [0.717, 1.165) is 0 Å². The third-order valence-electron chi connectivity index (χ3n) is 2.16. The summed E-state index contributed by atoms with van der Waals surface area (Å²) in [5.74, 6) is -1.07. The molecule has 2 unspecified atom stereocenters. The van der Waals surface area contributed by atoms with Gasteiger partial charge in [-0.2, -0.15) is 0 Å². The monoisotopic (exact) mass is 175 g/mol. The Balaban J connectivity index is 2.67. The normalized spacial score (nSPS) is 31.3. The van der Waals surface area contributed by atoms with E-state index >= 15 is 0 Å². The maximum absolute atomic E-state index is 12.8. The van der Waals surface area contributed by atoms with Gasteiger partial charge >= 0.3 is 5.97 Å². The smallest absolute Gasteiger partial charge is 0.324 e. The Morgan fingerprint density at radius 3 is 2.25 bits per heavy atom. The van der Waals surface area contributed by atoms with Crippen molar-refractivity contribution in [3.8, 4) is 0 Å². The minimum absolute atomic E-state index is 0.237. The summed E-state index contributed by atoms with van der Waals surface area (Å²) in [6, 6.07) is -0.940. The molecule has 0 bridgehead atoms. The number of carbonyl (C=O) groups is 1. The second-order valence-electron chi connectivity index (χ2n) is 4.12. The molecule has 4 heteroatoms. The molecule has 0 aliphatic carbocycles. The lowest BCUT2D eigenvalue weighted by molar-refractivity contribution is -0.161. The third kappa shape index (κ3) is 1.43. The van der Waals surface area contributed by atoms with Crippen molar-refractivity contribution in [3.63, 3.8) is 0 Å². The van der Waals surface area contributed by atoms with Gasteiger partial charge in [0.05, 0.1) is 0 Å². The Morgan fingerprint density at radius 2 is 2.08 bits per heavy atom. The fourth-order valence-electron chi connectivity index (χ4n) is 1.44. The molecule has 0 spiro atoms. The van der Waals surface area contributed by atoms with Crippen molar-refractivity contribution in [2.75, 3.05) is 6.54 Å². The summed E-state index contributed by atoms with van der Waals surface area (Å²) in [5, 5.41) is 8.66. The van der Waals surface area contributed by atoms with Gasteiger partial charge in [-0.25, -0.2) is 4.39 Å². The van der Waals surface area contributed by atoms with Crippen LogP contribution in [0.15, 0.2) is 0 Å². The molecule has 1 aliphatic heterocycles. The zero-order chi connectivity index (χ0) is 9.52. The lowest BCUT2D eigenvalue weighted by atomic mass is 9.92. The van der Waals surface area contributed by atoms with Gasteiger partial charge in [0.15, 0.2) is 0 Å². The molecule has 70 valence electrons. The van der Waals surface area contributed by atoms with E-state index in [1.165, 1.54) is 0 Å². The van der Waals surface area contributed by atoms with Gasteiger partial charge in [-0.1, -0.05) is 0 Å². The fraction of sp³-hybridized carbons (Fsp3) is 0.875. The van der Waals surface area contributed by atoms with Crippen molar-refractivity contribution >= 4 is 5.97 Å². The molecule has 0 amide bonds. The molecule has 2 atom stereocenters. The molecular weight excluding hydrogens is 161 g/mol. The highest BCUT2D eigenvalue weighted by Crippen LogP contribution is 2.29. The maximum atomic E-state index is 12.8. The molecule has 1 aliphatic rings. The Bertz CT molecular complexity index is 200. The number of carboxylic acid groups (broad SMARTS) is 1. The standard InChI is InChI=1S/C8H14FNO2/c1-8(2,3)10-4-5(9)6(10)7(11)12/h5-6H,4H2,1-3H3,(H,11,12). The van der Waals surface area contributed by atoms with E-state index < -0.39 is 18.2 Å². The van der Waals surface area contributed by atoms with Crippen LogP contribution in [0.3, 0.4) is 0 Å². The molecule has 1 saturated heterocycles. The summed E-state index contributed by atoms with van der Waals surface area (Å²) in [6.07, 6.45) is -1.21. The summed E-state index contributed by atoms with van der Waals surface area (Å²) < 4.78 is 12.8.